The van der Waals surface area contributed by atoms with Crippen molar-refractivity contribution in [3.05, 3.63) is 29.8 Å². The molecule has 0 aliphatic carbocycles. The van der Waals surface area contributed by atoms with Crippen LogP contribution in [0.25, 0.3) is 0 Å². The number of benzene rings is 1. The summed E-state index contributed by atoms with van der Waals surface area (Å²) in [6.45, 7) is 1.19. The third kappa shape index (κ3) is 4.73. The summed E-state index contributed by atoms with van der Waals surface area (Å²) < 4.78 is 34.9. The summed E-state index contributed by atoms with van der Waals surface area (Å²) in [6, 6.07) is 9.21. The fourth-order valence-corrected chi connectivity index (χ4v) is 3.83. The second-order valence-corrected chi connectivity index (χ2v) is 7.41. The monoisotopic (exact) mass is 309 g/mol. The highest BCUT2D eigenvalue weighted by atomic mass is 32.2. The minimum absolute atomic E-state index is 0.0254. The molecular formula is C15H19NO4S. The predicted molar refractivity (Wildman–Crippen MR) is 78.9 cm³/mol. The first-order chi connectivity index (χ1) is 10.1. The molecule has 0 spiro atoms. The van der Waals surface area contributed by atoms with Crippen molar-refractivity contribution < 1.29 is 17.9 Å². The van der Waals surface area contributed by atoms with Gasteiger partial charge in [-0.2, -0.15) is 5.26 Å². The number of rotatable bonds is 6. The van der Waals surface area contributed by atoms with E-state index < -0.39 is 9.84 Å². The third-order valence-electron chi connectivity index (χ3n) is 3.52. The molecule has 2 rings (SSSR count). The summed E-state index contributed by atoms with van der Waals surface area (Å²) in [5, 5.41) is 8.29. The number of nitrogens with zero attached hydrogens (tertiary/aromatic N) is 1. The molecule has 0 atom stereocenters. The van der Waals surface area contributed by atoms with E-state index >= 15 is 0 Å². The van der Waals surface area contributed by atoms with Gasteiger partial charge in [0.2, 0.25) is 0 Å². The van der Waals surface area contributed by atoms with Gasteiger partial charge in [-0.25, -0.2) is 8.42 Å². The molecule has 5 nitrogen and oxygen atoms in total. The first-order valence-electron chi connectivity index (χ1n) is 7.00. The smallest absolute Gasteiger partial charge is 0.156 e. The molecule has 0 N–H and O–H groups in total. The van der Waals surface area contributed by atoms with Crippen molar-refractivity contribution in [2.75, 3.05) is 25.6 Å². The van der Waals surface area contributed by atoms with Crippen LogP contribution in [0.15, 0.2) is 24.3 Å². The Kier molecular flexibility index (Phi) is 5.59. The zero-order valence-corrected chi connectivity index (χ0v) is 12.6. The fourth-order valence-electron chi connectivity index (χ4n) is 2.27. The average Bonchev–Trinajstić information content (AvgIpc) is 2.50. The number of ether oxygens (including phenoxy) is 2. The van der Waals surface area contributed by atoms with Crippen LogP contribution in [0, 0.1) is 11.3 Å². The summed E-state index contributed by atoms with van der Waals surface area (Å²) in [5.41, 5.74) is 0.916. The molecule has 1 aliphatic heterocycles. The van der Waals surface area contributed by atoms with Gasteiger partial charge in [-0.3, -0.25) is 0 Å². The molecular weight excluding hydrogens is 290 g/mol. The van der Waals surface area contributed by atoms with E-state index in [1.807, 2.05) is 12.1 Å². The van der Waals surface area contributed by atoms with Gasteiger partial charge in [-0.1, -0.05) is 12.1 Å². The normalized spacial score (nSPS) is 16.3. The van der Waals surface area contributed by atoms with E-state index in [4.69, 9.17) is 14.7 Å². The van der Waals surface area contributed by atoms with Crippen LogP contribution in [-0.4, -0.2) is 39.2 Å². The van der Waals surface area contributed by atoms with Crippen LogP contribution >= 0.6 is 0 Å². The number of hydrogen-bond acceptors (Lipinski definition) is 5. The maximum Gasteiger partial charge on any atom is 0.156 e. The molecule has 1 aromatic carbocycles. The van der Waals surface area contributed by atoms with Gasteiger partial charge in [0.05, 0.1) is 23.5 Å². The van der Waals surface area contributed by atoms with E-state index in [1.165, 1.54) is 0 Å². The van der Waals surface area contributed by atoms with Gasteiger partial charge >= 0.3 is 0 Å². The third-order valence-corrected chi connectivity index (χ3v) is 5.74. The molecule has 0 unspecified atom stereocenters. The molecule has 1 aliphatic rings. The van der Waals surface area contributed by atoms with Crippen LogP contribution < -0.4 is 4.74 Å². The van der Waals surface area contributed by atoms with E-state index in [2.05, 4.69) is 6.07 Å². The van der Waals surface area contributed by atoms with E-state index in [1.54, 1.807) is 12.1 Å². The molecule has 21 heavy (non-hydrogen) atoms. The standard InChI is InChI=1S/C15H19NO4S/c16-8-5-13-1-3-14(4-2-13)20-11-12-21(17,18)15-6-9-19-10-7-15/h1-4,15H,5-7,9-12H2. The van der Waals surface area contributed by atoms with Crippen LogP contribution in [0.1, 0.15) is 18.4 Å². The Balaban J connectivity index is 1.81. The average molecular weight is 309 g/mol. The van der Waals surface area contributed by atoms with Crippen molar-refractivity contribution in [1.82, 2.24) is 0 Å². The molecule has 0 saturated carbocycles. The first-order valence-corrected chi connectivity index (χ1v) is 8.71. The Morgan fingerprint density at radius 2 is 1.90 bits per heavy atom. The zero-order chi connectivity index (χ0) is 15.1. The maximum atomic E-state index is 12.1. The minimum atomic E-state index is -3.12. The lowest BCUT2D eigenvalue weighted by atomic mass is 10.2. The second-order valence-electron chi connectivity index (χ2n) is 5.01. The van der Waals surface area contributed by atoms with E-state index in [0.717, 1.165) is 5.56 Å². The molecule has 1 heterocycles. The number of nitriles is 1. The van der Waals surface area contributed by atoms with Gasteiger partial charge in [0.25, 0.3) is 0 Å². The van der Waals surface area contributed by atoms with Crippen molar-refractivity contribution in [2.24, 2.45) is 0 Å². The lowest BCUT2D eigenvalue weighted by Gasteiger charge is -2.22. The quantitative estimate of drug-likeness (QED) is 0.800. The number of hydrogen-bond donors (Lipinski definition) is 0. The summed E-state index contributed by atoms with van der Waals surface area (Å²) >= 11 is 0. The van der Waals surface area contributed by atoms with Crippen LogP contribution in [0.3, 0.4) is 0 Å². The Labute approximate surface area is 125 Å². The van der Waals surface area contributed by atoms with Crippen molar-refractivity contribution in [2.45, 2.75) is 24.5 Å². The largest absolute Gasteiger partial charge is 0.493 e. The van der Waals surface area contributed by atoms with E-state index in [-0.39, 0.29) is 17.6 Å². The van der Waals surface area contributed by atoms with Crippen molar-refractivity contribution in [1.29, 1.82) is 5.26 Å². The Morgan fingerprint density at radius 1 is 1.24 bits per heavy atom. The molecule has 0 radical (unpaired) electrons. The topological polar surface area (TPSA) is 76.4 Å². The molecule has 1 aromatic rings. The lowest BCUT2D eigenvalue weighted by Crippen LogP contribution is -2.32. The van der Waals surface area contributed by atoms with E-state index in [0.29, 0.717) is 38.2 Å². The van der Waals surface area contributed by atoms with Crippen molar-refractivity contribution in [3.8, 4) is 11.8 Å². The summed E-state index contributed by atoms with van der Waals surface area (Å²) in [4.78, 5) is 0. The highest BCUT2D eigenvalue weighted by molar-refractivity contribution is 7.92. The first kappa shape index (κ1) is 15.8. The van der Waals surface area contributed by atoms with Crippen LogP contribution in [0.4, 0.5) is 0 Å². The van der Waals surface area contributed by atoms with Gasteiger partial charge < -0.3 is 9.47 Å². The molecule has 0 amide bonds. The van der Waals surface area contributed by atoms with Crippen LogP contribution in [0.5, 0.6) is 5.75 Å². The van der Waals surface area contributed by atoms with Crippen LogP contribution in [-0.2, 0) is 21.0 Å². The van der Waals surface area contributed by atoms with E-state index in [9.17, 15) is 8.42 Å². The number of sulfone groups is 1. The Morgan fingerprint density at radius 3 is 2.52 bits per heavy atom. The SMILES string of the molecule is N#CCc1ccc(OCCS(=O)(=O)C2CCOCC2)cc1. The molecule has 1 saturated heterocycles. The van der Waals surface area contributed by atoms with Gasteiger partial charge in [0, 0.05) is 13.2 Å². The predicted octanol–water partition coefficient (Wildman–Crippen LogP) is 1.73. The highest BCUT2D eigenvalue weighted by Gasteiger charge is 2.27. The Hall–Kier alpha value is -1.58. The summed E-state index contributed by atoms with van der Waals surface area (Å²) in [6.07, 6.45) is 1.51. The van der Waals surface area contributed by atoms with Gasteiger partial charge in [-0.05, 0) is 30.5 Å². The lowest BCUT2D eigenvalue weighted by molar-refractivity contribution is 0.0983. The molecule has 0 bridgehead atoms. The maximum absolute atomic E-state index is 12.1. The van der Waals surface area contributed by atoms with Crippen molar-refractivity contribution >= 4 is 9.84 Å². The van der Waals surface area contributed by atoms with Crippen molar-refractivity contribution in [3.63, 3.8) is 0 Å². The second kappa shape index (κ2) is 7.43. The summed E-state index contributed by atoms with van der Waals surface area (Å²) in [5.74, 6) is 0.649. The zero-order valence-electron chi connectivity index (χ0n) is 11.8. The summed E-state index contributed by atoms with van der Waals surface area (Å²) in [7, 11) is -3.12. The Bertz CT molecular complexity index is 583. The van der Waals surface area contributed by atoms with Gasteiger partial charge in [0.1, 0.15) is 12.4 Å². The van der Waals surface area contributed by atoms with Crippen LogP contribution in [0.2, 0.25) is 0 Å². The fraction of sp³-hybridized carbons (Fsp3) is 0.533. The van der Waals surface area contributed by atoms with Gasteiger partial charge in [0.15, 0.2) is 9.84 Å². The van der Waals surface area contributed by atoms with Gasteiger partial charge in [-0.15, -0.1) is 0 Å². The molecule has 114 valence electrons. The molecule has 6 heteroatoms. The highest BCUT2D eigenvalue weighted by Crippen LogP contribution is 2.17. The molecule has 0 aromatic heterocycles. The minimum Gasteiger partial charge on any atom is -0.493 e. The molecule has 1 fully saturated rings.